The number of aryl methyl sites for hydroxylation is 2. The standard InChI is InChI=1S/C15H20N2O/c1-9(2)8-16-15(18)12-5-6-14-13(7-12)10(3)11(4)17-14/h5-7,9,17H,8H2,1-4H3,(H,16,18). The van der Waals surface area contributed by atoms with E-state index >= 15 is 0 Å². The molecule has 0 saturated heterocycles. The summed E-state index contributed by atoms with van der Waals surface area (Å²) in [5, 5.41) is 4.07. The molecule has 2 aromatic rings. The van der Waals surface area contributed by atoms with Crippen molar-refractivity contribution in [2.24, 2.45) is 5.92 Å². The van der Waals surface area contributed by atoms with E-state index in [2.05, 4.69) is 31.1 Å². The van der Waals surface area contributed by atoms with Crippen LogP contribution in [0.25, 0.3) is 10.9 Å². The largest absolute Gasteiger partial charge is 0.358 e. The number of aromatic amines is 1. The van der Waals surface area contributed by atoms with Gasteiger partial charge in [-0.2, -0.15) is 0 Å². The molecule has 0 aliphatic heterocycles. The lowest BCUT2D eigenvalue weighted by Crippen LogP contribution is -2.27. The van der Waals surface area contributed by atoms with Crippen LogP contribution in [0.5, 0.6) is 0 Å². The highest BCUT2D eigenvalue weighted by molar-refractivity contribution is 5.99. The highest BCUT2D eigenvalue weighted by Crippen LogP contribution is 2.22. The fraction of sp³-hybridized carbons (Fsp3) is 0.400. The summed E-state index contributed by atoms with van der Waals surface area (Å²) in [6.45, 7) is 9.01. The van der Waals surface area contributed by atoms with Gasteiger partial charge < -0.3 is 10.3 Å². The first kappa shape index (κ1) is 12.7. The number of carbonyl (C=O) groups is 1. The van der Waals surface area contributed by atoms with Crippen molar-refractivity contribution in [2.75, 3.05) is 6.54 Å². The van der Waals surface area contributed by atoms with Crippen LogP contribution in [0.15, 0.2) is 18.2 Å². The number of hydrogen-bond acceptors (Lipinski definition) is 1. The topological polar surface area (TPSA) is 44.9 Å². The summed E-state index contributed by atoms with van der Waals surface area (Å²) in [6.07, 6.45) is 0. The number of fused-ring (bicyclic) bond motifs is 1. The molecule has 1 aromatic carbocycles. The van der Waals surface area contributed by atoms with Crippen molar-refractivity contribution < 1.29 is 4.79 Å². The van der Waals surface area contributed by atoms with Crippen LogP contribution < -0.4 is 5.32 Å². The molecule has 1 aromatic heterocycles. The Balaban J connectivity index is 2.29. The van der Waals surface area contributed by atoms with Crippen molar-refractivity contribution in [1.82, 2.24) is 10.3 Å². The Hall–Kier alpha value is -1.77. The fourth-order valence-corrected chi connectivity index (χ4v) is 2.00. The summed E-state index contributed by atoms with van der Waals surface area (Å²) in [6, 6.07) is 5.80. The van der Waals surface area contributed by atoms with Crippen LogP contribution >= 0.6 is 0 Å². The molecule has 18 heavy (non-hydrogen) atoms. The molecule has 3 heteroatoms. The number of H-pyrrole nitrogens is 1. The Bertz CT molecular complexity index is 581. The van der Waals surface area contributed by atoms with E-state index in [-0.39, 0.29) is 5.91 Å². The summed E-state index contributed by atoms with van der Waals surface area (Å²) in [5.41, 5.74) is 4.18. The molecule has 0 bridgehead atoms. The molecule has 0 fully saturated rings. The second kappa shape index (κ2) is 4.84. The van der Waals surface area contributed by atoms with Crippen molar-refractivity contribution in [3.8, 4) is 0 Å². The second-order valence-electron chi connectivity index (χ2n) is 5.24. The third-order valence-electron chi connectivity index (χ3n) is 3.24. The average molecular weight is 244 g/mol. The van der Waals surface area contributed by atoms with Gasteiger partial charge in [-0.1, -0.05) is 13.8 Å². The number of rotatable bonds is 3. The highest BCUT2D eigenvalue weighted by Gasteiger charge is 2.09. The molecular weight excluding hydrogens is 224 g/mol. The minimum absolute atomic E-state index is 0.00357. The maximum Gasteiger partial charge on any atom is 0.251 e. The van der Waals surface area contributed by atoms with E-state index in [4.69, 9.17) is 0 Å². The Morgan fingerprint density at radius 3 is 2.72 bits per heavy atom. The lowest BCUT2D eigenvalue weighted by atomic mass is 10.1. The zero-order chi connectivity index (χ0) is 13.3. The summed E-state index contributed by atoms with van der Waals surface area (Å²) in [4.78, 5) is 15.3. The molecule has 96 valence electrons. The van der Waals surface area contributed by atoms with Gasteiger partial charge in [0.2, 0.25) is 0 Å². The monoisotopic (exact) mass is 244 g/mol. The summed E-state index contributed by atoms with van der Waals surface area (Å²) < 4.78 is 0. The molecule has 0 atom stereocenters. The van der Waals surface area contributed by atoms with Gasteiger partial charge in [0.05, 0.1) is 0 Å². The van der Waals surface area contributed by atoms with Crippen LogP contribution in [0.2, 0.25) is 0 Å². The first-order chi connectivity index (χ1) is 8.49. The van der Waals surface area contributed by atoms with E-state index in [0.29, 0.717) is 12.5 Å². The second-order valence-corrected chi connectivity index (χ2v) is 5.24. The van der Waals surface area contributed by atoms with Crippen LogP contribution in [0.3, 0.4) is 0 Å². The quantitative estimate of drug-likeness (QED) is 0.855. The molecular formula is C15H20N2O. The smallest absolute Gasteiger partial charge is 0.251 e. The Morgan fingerprint density at radius 2 is 2.06 bits per heavy atom. The van der Waals surface area contributed by atoms with Gasteiger partial charge in [-0.25, -0.2) is 0 Å². The van der Waals surface area contributed by atoms with Crippen LogP contribution in [0.1, 0.15) is 35.5 Å². The number of carbonyl (C=O) groups excluding carboxylic acids is 1. The molecule has 1 heterocycles. The summed E-state index contributed by atoms with van der Waals surface area (Å²) in [7, 11) is 0. The summed E-state index contributed by atoms with van der Waals surface area (Å²) in [5.74, 6) is 0.470. The highest BCUT2D eigenvalue weighted by atomic mass is 16.1. The molecule has 0 radical (unpaired) electrons. The van der Waals surface area contributed by atoms with Gasteiger partial charge in [-0.05, 0) is 43.5 Å². The third-order valence-corrected chi connectivity index (χ3v) is 3.24. The van der Waals surface area contributed by atoms with Gasteiger partial charge in [0.25, 0.3) is 5.91 Å². The number of benzene rings is 1. The first-order valence-electron chi connectivity index (χ1n) is 6.36. The van der Waals surface area contributed by atoms with Crippen molar-refractivity contribution in [2.45, 2.75) is 27.7 Å². The van der Waals surface area contributed by atoms with Gasteiger partial charge in [0.1, 0.15) is 0 Å². The molecule has 0 aliphatic rings. The lowest BCUT2D eigenvalue weighted by Gasteiger charge is -2.07. The zero-order valence-corrected chi connectivity index (χ0v) is 11.4. The maximum atomic E-state index is 12.0. The van der Waals surface area contributed by atoms with E-state index < -0.39 is 0 Å². The van der Waals surface area contributed by atoms with Gasteiger partial charge in [-0.3, -0.25) is 4.79 Å². The van der Waals surface area contributed by atoms with E-state index in [9.17, 15) is 4.79 Å². The SMILES string of the molecule is Cc1[nH]c2ccc(C(=O)NCC(C)C)cc2c1C. The Morgan fingerprint density at radius 1 is 1.33 bits per heavy atom. The summed E-state index contributed by atoms with van der Waals surface area (Å²) >= 11 is 0. The minimum atomic E-state index is 0.00357. The first-order valence-corrected chi connectivity index (χ1v) is 6.36. The van der Waals surface area contributed by atoms with Crippen molar-refractivity contribution >= 4 is 16.8 Å². The van der Waals surface area contributed by atoms with Crippen molar-refractivity contribution in [3.63, 3.8) is 0 Å². The predicted octanol–water partition coefficient (Wildman–Crippen LogP) is 3.17. The molecule has 0 unspecified atom stereocenters. The van der Waals surface area contributed by atoms with E-state index in [1.165, 1.54) is 5.56 Å². The molecule has 0 spiro atoms. The number of nitrogens with one attached hydrogen (secondary N) is 2. The molecule has 0 aliphatic carbocycles. The Labute approximate surface area is 108 Å². The number of hydrogen-bond donors (Lipinski definition) is 2. The van der Waals surface area contributed by atoms with Crippen LogP contribution in [0, 0.1) is 19.8 Å². The van der Waals surface area contributed by atoms with Gasteiger partial charge >= 0.3 is 0 Å². The molecule has 2 N–H and O–H groups in total. The molecule has 0 saturated carbocycles. The minimum Gasteiger partial charge on any atom is -0.358 e. The van der Waals surface area contributed by atoms with Gasteiger partial charge in [0.15, 0.2) is 0 Å². The van der Waals surface area contributed by atoms with E-state index in [1.807, 2.05) is 25.1 Å². The maximum absolute atomic E-state index is 12.0. The Kier molecular flexibility index (Phi) is 3.41. The fourth-order valence-electron chi connectivity index (χ4n) is 2.00. The lowest BCUT2D eigenvalue weighted by molar-refractivity contribution is 0.0949. The van der Waals surface area contributed by atoms with Crippen molar-refractivity contribution in [3.05, 3.63) is 35.0 Å². The van der Waals surface area contributed by atoms with Gasteiger partial charge in [0, 0.05) is 28.7 Å². The third kappa shape index (κ3) is 2.40. The number of aromatic nitrogens is 1. The molecule has 3 nitrogen and oxygen atoms in total. The molecule has 1 amide bonds. The predicted molar refractivity (Wildman–Crippen MR) is 74.9 cm³/mol. The zero-order valence-electron chi connectivity index (χ0n) is 11.4. The normalized spacial score (nSPS) is 11.2. The van der Waals surface area contributed by atoms with Crippen LogP contribution in [-0.4, -0.2) is 17.4 Å². The van der Waals surface area contributed by atoms with E-state index in [0.717, 1.165) is 22.2 Å². The van der Waals surface area contributed by atoms with Crippen LogP contribution in [0.4, 0.5) is 0 Å². The average Bonchev–Trinajstić information content (AvgIpc) is 2.62. The van der Waals surface area contributed by atoms with Crippen LogP contribution in [-0.2, 0) is 0 Å². The number of amides is 1. The molecule has 2 rings (SSSR count). The van der Waals surface area contributed by atoms with Crippen molar-refractivity contribution in [1.29, 1.82) is 0 Å². The van der Waals surface area contributed by atoms with E-state index in [1.54, 1.807) is 0 Å². The van der Waals surface area contributed by atoms with Gasteiger partial charge in [-0.15, -0.1) is 0 Å².